The summed E-state index contributed by atoms with van der Waals surface area (Å²) in [6.07, 6.45) is 0.245. The SMILES string of the molecule is Cc1cc(Br)c(C(O)c2cccc(S(C)(=O)=O)c2)cc1Br. The summed E-state index contributed by atoms with van der Waals surface area (Å²) in [5.41, 5.74) is 2.26. The molecule has 1 atom stereocenters. The molecule has 0 amide bonds. The van der Waals surface area contributed by atoms with E-state index >= 15 is 0 Å². The maximum absolute atomic E-state index is 11.6. The largest absolute Gasteiger partial charge is 0.384 e. The van der Waals surface area contributed by atoms with Crippen molar-refractivity contribution in [3.63, 3.8) is 0 Å². The summed E-state index contributed by atoms with van der Waals surface area (Å²) in [6.45, 7) is 1.95. The quantitative estimate of drug-likeness (QED) is 0.795. The number of hydrogen-bond donors (Lipinski definition) is 1. The first-order valence-corrected chi connectivity index (χ1v) is 9.61. The van der Waals surface area contributed by atoms with Gasteiger partial charge in [0.15, 0.2) is 9.84 Å². The van der Waals surface area contributed by atoms with Gasteiger partial charge in [-0.25, -0.2) is 8.42 Å². The molecule has 112 valence electrons. The molecule has 2 rings (SSSR count). The van der Waals surface area contributed by atoms with Crippen molar-refractivity contribution in [3.05, 3.63) is 62.0 Å². The molecule has 0 saturated carbocycles. The van der Waals surface area contributed by atoms with Crippen LogP contribution in [0.1, 0.15) is 22.8 Å². The van der Waals surface area contributed by atoms with Crippen LogP contribution in [0, 0.1) is 6.92 Å². The van der Waals surface area contributed by atoms with E-state index in [0.29, 0.717) is 11.1 Å². The van der Waals surface area contributed by atoms with Crippen molar-refractivity contribution in [3.8, 4) is 0 Å². The van der Waals surface area contributed by atoms with E-state index in [2.05, 4.69) is 31.9 Å². The predicted molar refractivity (Wildman–Crippen MR) is 90.2 cm³/mol. The lowest BCUT2D eigenvalue weighted by molar-refractivity contribution is 0.219. The lowest BCUT2D eigenvalue weighted by Gasteiger charge is -2.15. The van der Waals surface area contributed by atoms with Gasteiger partial charge < -0.3 is 5.11 Å². The Balaban J connectivity index is 2.50. The smallest absolute Gasteiger partial charge is 0.175 e. The Kier molecular flexibility index (Phi) is 4.92. The standard InChI is InChI=1S/C15H14Br2O3S/c1-9-6-14(17)12(8-13(9)16)15(18)10-4-3-5-11(7-10)21(2,19)20/h3-8,15,18H,1-2H3. The second-order valence-corrected chi connectivity index (χ2v) is 8.59. The van der Waals surface area contributed by atoms with Crippen LogP contribution < -0.4 is 0 Å². The van der Waals surface area contributed by atoms with Gasteiger partial charge in [-0.15, -0.1) is 0 Å². The molecule has 0 saturated heterocycles. The van der Waals surface area contributed by atoms with Crippen LogP contribution in [-0.2, 0) is 9.84 Å². The Labute approximate surface area is 141 Å². The molecule has 0 aliphatic rings. The molecule has 0 heterocycles. The van der Waals surface area contributed by atoms with Gasteiger partial charge in [0.25, 0.3) is 0 Å². The van der Waals surface area contributed by atoms with E-state index in [9.17, 15) is 13.5 Å². The fraction of sp³-hybridized carbons (Fsp3) is 0.200. The van der Waals surface area contributed by atoms with E-state index in [1.807, 2.05) is 19.1 Å². The second kappa shape index (κ2) is 6.20. The van der Waals surface area contributed by atoms with Gasteiger partial charge in [0.05, 0.1) is 4.90 Å². The maximum atomic E-state index is 11.6. The van der Waals surface area contributed by atoms with E-state index in [1.165, 1.54) is 12.1 Å². The lowest BCUT2D eigenvalue weighted by atomic mass is 10.0. The highest BCUT2D eigenvalue weighted by Crippen LogP contribution is 2.33. The highest BCUT2D eigenvalue weighted by atomic mass is 79.9. The van der Waals surface area contributed by atoms with Crippen LogP contribution >= 0.6 is 31.9 Å². The first kappa shape index (κ1) is 16.7. The van der Waals surface area contributed by atoms with E-state index in [-0.39, 0.29) is 4.90 Å². The molecular formula is C15H14Br2O3S. The van der Waals surface area contributed by atoms with Crippen LogP contribution in [-0.4, -0.2) is 19.8 Å². The molecule has 1 unspecified atom stereocenters. The van der Waals surface area contributed by atoms with Gasteiger partial charge in [0, 0.05) is 20.8 Å². The van der Waals surface area contributed by atoms with Crippen molar-refractivity contribution < 1.29 is 13.5 Å². The zero-order valence-corrected chi connectivity index (χ0v) is 15.5. The van der Waals surface area contributed by atoms with Gasteiger partial charge in [-0.2, -0.15) is 0 Å². The zero-order valence-electron chi connectivity index (χ0n) is 11.5. The minimum absolute atomic E-state index is 0.196. The van der Waals surface area contributed by atoms with Gasteiger partial charge in [-0.05, 0) is 42.3 Å². The van der Waals surface area contributed by atoms with Crippen LogP contribution in [0.2, 0.25) is 0 Å². The fourth-order valence-electron chi connectivity index (χ4n) is 1.97. The fourth-order valence-corrected chi connectivity index (χ4v) is 3.68. The molecule has 0 spiro atoms. The van der Waals surface area contributed by atoms with Crippen LogP contribution in [0.3, 0.4) is 0 Å². The van der Waals surface area contributed by atoms with Crippen LogP contribution in [0.25, 0.3) is 0 Å². The number of aliphatic hydroxyl groups is 1. The number of benzene rings is 2. The third-order valence-corrected chi connectivity index (χ3v) is 5.83. The Hall–Kier alpha value is -0.690. The Morgan fingerprint density at radius 3 is 2.38 bits per heavy atom. The van der Waals surface area contributed by atoms with E-state index in [4.69, 9.17) is 0 Å². The molecule has 6 heteroatoms. The predicted octanol–water partition coefficient (Wildman–Crippen LogP) is 4.01. The highest BCUT2D eigenvalue weighted by molar-refractivity contribution is 9.11. The molecule has 2 aromatic carbocycles. The molecule has 0 radical (unpaired) electrons. The number of aliphatic hydroxyl groups excluding tert-OH is 1. The Morgan fingerprint density at radius 2 is 1.76 bits per heavy atom. The summed E-state index contributed by atoms with van der Waals surface area (Å²) in [5, 5.41) is 10.5. The molecule has 21 heavy (non-hydrogen) atoms. The number of halogens is 2. The Bertz CT molecular complexity index is 786. The van der Waals surface area contributed by atoms with Crippen LogP contribution in [0.4, 0.5) is 0 Å². The molecule has 0 bridgehead atoms. The average molecular weight is 434 g/mol. The summed E-state index contributed by atoms with van der Waals surface area (Å²) in [6, 6.07) is 10.1. The lowest BCUT2D eigenvalue weighted by Crippen LogP contribution is -2.04. The summed E-state index contributed by atoms with van der Waals surface area (Å²) in [4.78, 5) is 0.196. The normalized spacial score (nSPS) is 13.2. The van der Waals surface area contributed by atoms with Crippen molar-refractivity contribution >= 4 is 41.7 Å². The van der Waals surface area contributed by atoms with Gasteiger partial charge in [-0.1, -0.05) is 44.0 Å². The monoisotopic (exact) mass is 432 g/mol. The van der Waals surface area contributed by atoms with Gasteiger partial charge in [-0.3, -0.25) is 0 Å². The third kappa shape index (κ3) is 3.74. The highest BCUT2D eigenvalue weighted by Gasteiger charge is 2.17. The van der Waals surface area contributed by atoms with Crippen LogP contribution in [0.5, 0.6) is 0 Å². The van der Waals surface area contributed by atoms with Crippen molar-refractivity contribution in [2.45, 2.75) is 17.9 Å². The number of aryl methyl sites for hydroxylation is 1. The number of sulfone groups is 1. The molecule has 3 nitrogen and oxygen atoms in total. The van der Waals surface area contributed by atoms with Gasteiger partial charge in [0.1, 0.15) is 6.10 Å². The maximum Gasteiger partial charge on any atom is 0.175 e. The molecular weight excluding hydrogens is 420 g/mol. The molecule has 1 N–H and O–H groups in total. The zero-order chi connectivity index (χ0) is 15.8. The Morgan fingerprint density at radius 1 is 1.10 bits per heavy atom. The van der Waals surface area contributed by atoms with Crippen LogP contribution in [0.15, 0.2) is 50.2 Å². The summed E-state index contributed by atoms with van der Waals surface area (Å²) < 4.78 is 24.9. The average Bonchev–Trinajstić information content (AvgIpc) is 2.41. The first-order chi connectivity index (χ1) is 9.70. The van der Waals surface area contributed by atoms with E-state index in [0.717, 1.165) is 20.8 Å². The summed E-state index contributed by atoms with van der Waals surface area (Å²) >= 11 is 6.88. The van der Waals surface area contributed by atoms with Crippen molar-refractivity contribution in [2.24, 2.45) is 0 Å². The van der Waals surface area contributed by atoms with Gasteiger partial charge >= 0.3 is 0 Å². The summed E-state index contributed by atoms with van der Waals surface area (Å²) in [7, 11) is -3.30. The topological polar surface area (TPSA) is 54.4 Å². The first-order valence-electron chi connectivity index (χ1n) is 6.14. The number of hydrogen-bond acceptors (Lipinski definition) is 3. The van der Waals surface area contributed by atoms with Gasteiger partial charge in [0.2, 0.25) is 0 Å². The number of rotatable bonds is 3. The minimum atomic E-state index is -3.30. The molecule has 0 aliphatic carbocycles. The minimum Gasteiger partial charge on any atom is -0.384 e. The summed E-state index contributed by atoms with van der Waals surface area (Å²) in [5.74, 6) is 0. The van der Waals surface area contributed by atoms with E-state index in [1.54, 1.807) is 12.1 Å². The van der Waals surface area contributed by atoms with Crippen molar-refractivity contribution in [1.29, 1.82) is 0 Å². The van der Waals surface area contributed by atoms with Crippen molar-refractivity contribution in [1.82, 2.24) is 0 Å². The third-order valence-electron chi connectivity index (χ3n) is 3.17. The molecule has 0 aliphatic heterocycles. The second-order valence-electron chi connectivity index (χ2n) is 4.87. The molecule has 0 aromatic heterocycles. The molecule has 2 aromatic rings. The van der Waals surface area contributed by atoms with Crippen molar-refractivity contribution in [2.75, 3.05) is 6.26 Å². The van der Waals surface area contributed by atoms with E-state index < -0.39 is 15.9 Å². The molecule has 0 fully saturated rings.